The van der Waals surface area contributed by atoms with E-state index in [1.165, 1.54) is 32.1 Å². The molecule has 0 spiro atoms. The number of hydrazine groups is 1. The van der Waals surface area contributed by atoms with Crippen molar-refractivity contribution in [3.05, 3.63) is 29.3 Å². The van der Waals surface area contributed by atoms with Gasteiger partial charge in [0.15, 0.2) is 0 Å². The molecule has 1 aromatic carbocycles. The number of hydrogen-bond donors (Lipinski definition) is 2. The van der Waals surface area contributed by atoms with E-state index in [-0.39, 0.29) is 6.04 Å². The van der Waals surface area contributed by atoms with E-state index in [1.807, 2.05) is 24.3 Å². The van der Waals surface area contributed by atoms with Gasteiger partial charge in [0, 0.05) is 5.02 Å². The van der Waals surface area contributed by atoms with Crippen LogP contribution in [0.25, 0.3) is 0 Å². The molecule has 0 aliphatic rings. The summed E-state index contributed by atoms with van der Waals surface area (Å²) in [6, 6.07) is 7.60. The van der Waals surface area contributed by atoms with Crippen molar-refractivity contribution in [1.29, 1.82) is 0 Å². The van der Waals surface area contributed by atoms with Crippen LogP contribution in [0.4, 0.5) is 0 Å². The van der Waals surface area contributed by atoms with Gasteiger partial charge < -0.3 is 4.74 Å². The highest BCUT2D eigenvalue weighted by Gasteiger charge is 2.07. The Hall–Kier alpha value is -0.770. The lowest BCUT2D eigenvalue weighted by molar-refractivity contribution is 0.254. The number of ether oxygens (including phenoxy) is 1. The molecular formula is C15H25ClN2O. The number of hydrogen-bond acceptors (Lipinski definition) is 3. The van der Waals surface area contributed by atoms with E-state index in [0.717, 1.165) is 17.2 Å². The Morgan fingerprint density at radius 1 is 1.16 bits per heavy atom. The molecule has 0 saturated heterocycles. The topological polar surface area (TPSA) is 47.3 Å². The smallest absolute Gasteiger partial charge is 0.119 e. The summed E-state index contributed by atoms with van der Waals surface area (Å²) >= 11 is 5.82. The van der Waals surface area contributed by atoms with Gasteiger partial charge in [0.05, 0.1) is 6.04 Å². The molecule has 0 bridgehead atoms. The van der Waals surface area contributed by atoms with Gasteiger partial charge in [-0.3, -0.25) is 11.3 Å². The third-order valence-electron chi connectivity index (χ3n) is 3.16. The first kappa shape index (κ1) is 16.3. The molecule has 1 rings (SSSR count). The standard InChI is InChI=1S/C15H25ClN2O/c1-2-3-4-5-6-7-14(18-17)12-19-15-10-8-13(16)9-11-15/h8-11,14,18H,2-7,12,17H2,1H3. The summed E-state index contributed by atoms with van der Waals surface area (Å²) in [5.74, 6) is 6.38. The van der Waals surface area contributed by atoms with Gasteiger partial charge in [-0.05, 0) is 30.7 Å². The summed E-state index contributed by atoms with van der Waals surface area (Å²) in [6.45, 7) is 2.82. The molecule has 4 heteroatoms. The lowest BCUT2D eigenvalue weighted by Crippen LogP contribution is -2.39. The Kier molecular flexibility index (Phi) is 8.63. The van der Waals surface area contributed by atoms with E-state index in [1.54, 1.807) is 0 Å². The van der Waals surface area contributed by atoms with Crippen LogP contribution >= 0.6 is 11.6 Å². The van der Waals surface area contributed by atoms with Gasteiger partial charge in [-0.15, -0.1) is 0 Å². The van der Waals surface area contributed by atoms with Gasteiger partial charge >= 0.3 is 0 Å². The zero-order chi connectivity index (χ0) is 13.9. The highest BCUT2D eigenvalue weighted by molar-refractivity contribution is 6.30. The number of unbranched alkanes of at least 4 members (excludes halogenated alkanes) is 4. The van der Waals surface area contributed by atoms with Crippen LogP contribution in [0.1, 0.15) is 45.4 Å². The molecule has 3 N–H and O–H groups in total. The average molecular weight is 285 g/mol. The van der Waals surface area contributed by atoms with Gasteiger partial charge in [0.1, 0.15) is 12.4 Å². The van der Waals surface area contributed by atoms with Crippen molar-refractivity contribution in [2.45, 2.75) is 51.5 Å². The van der Waals surface area contributed by atoms with Crippen LogP contribution in [-0.2, 0) is 0 Å². The van der Waals surface area contributed by atoms with Crippen LogP contribution in [0.5, 0.6) is 5.75 Å². The second-order valence-electron chi connectivity index (χ2n) is 4.83. The Balaban J connectivity index is 2.19. The molecule has 1 atom stereocenters. The lowest BCUT2D eigenvalue weighted by atomic mass is 10.1. The first-order chi connectivity index (χ1) is 9.26. The number of benzene rings is 1. The monoisotopic (exact) mass is 284 g/mol. The highest BCUT2D eigenvalue weighted by Crippen LogP contribution is 2.16. The van der Waals surface area contributed by atoms with Crippen molar-refractivity contribution in [2.75, 3.05) is 6.61 Å². The van der Waals surface area contributed by atoms with Gasteiger partial charge in [-0.2, -0.15) is 0 Å². The SMILES string of the molecule is CCCCCCCC(COc1ccc(Cl)cc1)NN. The molecule has 0 aliphatic carbocycles. The zero-order valence-corrected chi connectivity index (χ0v) is 12.5. The van der Waals surface area contributed by atoms with E-state index >= 15 is 0 Å². The Labute approximate surface area is 121 Å². The van der Waals surface area contributed by atoms with Crippen molar-refractivity contribution in [3.63, 3.8) is 0 Å². The lowest BCUT2D eigenvalue weighted by Gasteiger charge is -2.16. The van der Waals surface area contributed by atoms with Gasteiger partial charge in [0.2, 0.25) is 0 Å². The molecule has 0 heterocycles. The van der Waals surface area contributed by atoms with Crippen molar-refractivity contribution in [2.24, 2.45) is 5.84 Å². The van der Waals surface area contributed by atoms with E-state index in [4.69, 9.17) is 22.2 Å². The molecule has 3 nitrogen and oxygen atoms in total. The van der Waals surface area contributed by atoms with E-state index in [2.05, 4.69) is 12.3 Å². The summed E-state index contributed by atoms with van der Waals surface area (Å²) in [4.78, 5) is 0. The molecule has 0 saturated carbocycles. The summed E-state index contributed by atoms with van der Waals surface area (Å²) in [5, 5.41) is 0.719. The zero-order valence-electron chi connectivity index (χ0n) is 11.7. The molecule has 0 radical (unpaired) electrons. The highest BCUT2D eigenvalue weighted by atomic mass is 35.5. The van der Waals surface area contributed by atoms with Crippen LogP contribution < -0.4 is 16.0 Å². The molecule has 19 heavy (non-hydrogen) atoms. The molecule has 1 unspecified atom stereocenters. The van der Waals surface area contributed by atoms with Crippen LogP contribution in [0.15, 0.2) is 24.3 Å². The van der Waals surface area contributed by atoms with Crippen LogP contribution in [0, 0.1) is 0 Å². The second kappa shape index (κ2) is 10.1. The summed E-state index contributed by atoms with van der Waals surface area (Å²) in [6.07, 6.45) is 7.42. The fourth-order valence-corrected chi connectivity index (χ4v) is 2.06. The molecule has 0 aromatic heterocycles. The third-order valence-corrected chi connectivity index (χ3v) is 3.41. The van der Waals surface area contributed by atoms with Crippen molar-refractivity contribution in [3.8, 4) is 5.75 Å². The number of halogens is 1. The molecule has 1 aromatic rings. The average Bonchev–Trinajstić information content (AvgIpc) is 2.44. The first-order valence-electron chi connectivity index (χ1n) is 7.10. The minimum absolute atomic E-state index is 0.206. The number of rotatable bonds is 10. The van der Waals surface area contributed by atoms with Crippen molar-refractivity contribution in [1.82, 2.24) is 5.43 Å². The Morgan fingerprint density at radius 2 is 1.84 bits per heavy atom. The van der Waals surface area contributed by atoms with Crippen LogP contribution in [0.2, 0.25) is 5.02 Å². The second-order valence-corrected chi connectivity index (χ2v) is 5.27. The maximum absolute atomic E-state index is 5.82. The maximum atomic E-state index is 5.82. The van der Waals surface area contributed by atoms with E-state index in [0.29, 0.717) is 6.61 Å². The molecule has 0 aliphatic heterocycles. The number of nitrogens with two attached hydrogens (primary N) is 1. The first-order valence-corrected chi connectivity index (χ1v) is 7.48. The minimum Gasteiger partial charge on any atom is -0.492 e. The Morgan fingerprint density at radius 3 is 2.47 bits per heavy atom. The molecule has 108 valence electrons. The van der Waals surface area contributed by atoms with E-state index in [9.17, 15) is 0 Å². The molecular weight excluding hydrogens is 260 g/mol. The van der Waals surface area contributed by atoms with Gasteiger partial charge in [-0.25, -0.2) is 0 Å². The largest absolute Gasteiger partial charge is 0.492 e. The van der Waals surface area contributed by atoms with Crippen LogP contribution in [0.3, 0.4) is 0 Å². The Bertz CT molecular complexity index is 329. The predicted octanol–water partition coefficient (Wildman–Crippen LogP) is 3.91. The maximum Gasteiger partial charge on any atom is 0.119 e. The fourth-order valence-electron chi connectivity index (χ4n) is 1.94. The fraction of sp³-hybridized carbons (Fsp3) is 0.600. The summed E-state index contributed by atoms with van der Waals surface area (Å²) in [5.41, 5.74) is 2.82. The molecule has 0 amide bonds. The summed E-state index contributed by atoms with van der Waals surface area (Å²) < 4.78 is 5.69. The third kappa shape index (κ3) is 7.41. The van der Waals surface area contributed by atoms with E-state index < -0.39 is 0 Å². The van der Waals surface area contributed by atoms with Crippen LogP contribution in [-0.4, -0.2) is 12.6 Å². The van der Waals surface area contributed by atoms with Crippen molar-refractivity contribution < 1.29 is 4.74 Å². The normalized spacial score (nSPS) is 12.4. The minimum atomic E-state index is 0.206. The van der Waals surface area contributed by atoms with Gasteiger partial charge in [-0.1, -0.05) is 50.6 Å². The van der Waals surface area contributed by atoms with Crippen molar-refractivity contribution >= 4 is 11.6 Å². The molecule has 0 fully saturated rings. The predicted molar refractivity (Wildman–Crippen MR) is 81.4 cm³/mol. The number of nitrogens with one attached hydrogen (secondary N) is 1. The van der Waals surface area contributed by atoms with Gasteiger partial charge in [0.25, 0.3) is 0 Å². The quantitative estimate of drug-likeness (QED) is 0.389. The summed E-state index contributed by atoms with van der Waals surface area (Å²) in [7, 11) is 0.